The Bertz CT molecular complexity index is 943. The molecule has 154 valence electrons. The van der Waals surface area contributed by atoms with Crippen molar-refractivity contribution in [1.29, 1.82) is 0 Å². The molecule has 0 saturated carbocycles. The predicted molar refractivity (Wildman–Crippen MR) is 119 cm³/mol. The maximum absolute atomic E-state index is 11.7. The summed E-state index contributed by atoms with van der Waals surface area (Å²) in [7, 11) is 0. The number of nitrogens with two attached hydrogens (primary N) is 1. The molecule has 2 aromatic carbocycles. The number of benzene rings is 2. The van der Waals surface area contributed by atoms with Gasteiger partial charge in [0.05, 0.1) is 27.0 Å². The van der Waals surface area contributed by atoms with E-state index in [0.717, 1.165) is 42.9 Å². The fourth-order valence-electron chi connectivity index (χ4n) is 3.86. The third kappa shape index (κ3) is 4.43. The van der Waals surface area contributed by atoms with E-state index in [1.807, 2.05) is 18.2 Å². The number of nitrogens with one attached hydrogen (secondary N) is 1. The van der Waals surface area contributed by atoms with Gasteiger partial charge in [-0.3, -0.25) is 4.79 Å². The van der Waals surface area contributed by atoms with Crippen molar-refractivity contribution in [2.24, 2.45) is 5.73 Å². The summed E-state index contributed by atoms with van der Waals surface area (Å²) in [6, 6.07) is 9.15. The molecule has 4 rings (SSSR count). The molecule has 0 aliphatic carbocycles. The Kier molecular flexibility index (Phi) is 5.85. The molecule has 0 bridgehead atoms. The minimum absolute atomic E-state index is 0.0277. The minimum atomic E-state index is -0.431. The molecule has 29 heavy (non-hydrogen) atoms. The van der Waals surface area contributed by atoms with Crippen molar-refractivity contribution in [3.8, 4) is 5.75 Å². The highest BCUT2D eigenvalue weighted by Gasteiger charge is 2.33. The average molecular weight is 455 g/mol. The summed E-state index contributed by atoms with van der Waals surface area (Å²) in [4.78, 5) is 13.9. The molecule has 2 aliphatic heterocycles. The fraction of sp³-hybridized carbons (Fsp3) is 0.381. The van der Waals surface area contributed by atoms with Crippen molar-refractivity contribution >= 4 is 52.1 Å². The van der Waals surface area contributed by atoms with Gasteiger partial charge in [-0.1, -0.05) is 34.8 Å². The molecule has 2 heterocycles. The van der Waals surface area contributed by atoms with Crippen LogP contribution in [0.5, 0.6) is 5.75 Å². The monoisotopic (exact) mass is 453 g/mol. The number of amides is 1. The number of carbonyl (C=O) groups excluding carboxylic acids is 1. The number of nitrogens with zero attached hydrogens (tertiary/aromatic N) is 1. The molecule has 0 unspecified atom stereocenters. The molecule has 1 amide bonds. The number of carbonyl (C=O) groups is 1. The predicted octanol–water partition coefficient (Wildman–Crippen LogP) is 4.91. The van der Waals surface area contributed by atoms with Gasteiger partial charge < -0.3 is 20.7 Å². The van der Waals surface area contributed by atoms with Crippen LogP contribution >= 0.6 is 34.8 Å². The van der Waals surface area contributed by atoms with Crippen molar-refractivity contribution in [3.05, 3.63) is 51.0 Å². The lowest BCUT2D eigenvalue weighted by molar-refractivity contribution is -0.116. The lowest BCUT2D eigenvalue weighted by Crippen LogP contribution is -2.54. The number of halogens is 3. The van der Waals surface area contributed by atoms with Gasteiger partial charge in [0, 0.05) is 30.1 Å². The highest BCUT2D eigenvalue weighted by atomic mass is 35.5. The maximum Gasteiger partial charge on any atom is 0.224 e. The van der Waals surface area contributed by atoms with Crippen LogP contribution in [0.3, 0.4) is 0 Å². The molecule has 5 nitrogen and oxygen atoms in total. The molecule has 8 heteroatoms. The lowest BCUT2D eigenvalue weighted by Gasteiger charge is -2.40. The zero-order valence-corrected chi connectivity index (χ0v) is 18.1. The van der Waals surface area contributed by atoms with E-state index in [-0.39, 0.29) is 5.91 Å². The Morgan fingerprint density at radius 1 is 1.07 bits per heavy atom. The van der Waals surface area contributed by atoms with E-state index in [1.54, 1.807) is 12.1 Å². The second-order valence-corrected chi connectivity index (χ2v) is 8.93. The maximum atomic E-state index is 11.7. The van der Waals surface area contributed by atoms with Gasteiger partial charge in [0.25, 0.3) is 0 Å². The molecule has 2 aliphatic rings. The van der Waals surface area contributed by atoms with Crippen LogP contribution < -0.4 is 20.7 Å². The number of anilines is 2. The summed E-state index contributed by atoms with van der Waals surface area (Å²) in [5.74, 6) is 0.706. The van der Waals surface area contributed by atoms with Gasteiger partial charge in [0.1, 0.15) is 12.4 Å². The molecule has 2 aromatic rings. The normalized spacial score (nSPS) is 18.2. The molecule has 0 atom stereocenters. The van der Waals surface area contributed by atoms with E-state index < -0.39 is 5.54 Å². The standard InChI is InChI=1S/C21H22Cl3N3O2/c22-13-1-4-17(16(24)11-13)27-9-7-21(25,8-10-27)12-29-18-5-3-15(23)20-14(18)2-6-19(28)26-20/h1,3-5,11H,2,6-10,12,25H2,(H,26,28). The Morgan fingerprint density at radius 3 is 2.55 bits per heavy atom. The van der Waals surface area contributed by atoms with Crippen molar-refractivity contribution in [3.63, 3.8) is 0 Å². The molecule has 3 N–H and O–H groups in total. The summed E-state index contributed by atoms with van der Waals surface area (Å²) in [6.45, 7) is 1.98. The zero-order valence-electron chi connectivity index (χ0n) is 15.8. The Labute approximate surface area is 185 Å². The lowest BCUT2D eigenvalue weighted by atomic mass is 9.89. The van der Waals surface area contributed by atoms with Gasteiger partial charge in [0.2, 0.25) is 5.91 Å². The summed E-state index contributed by atoms with van der Waals surface area (Å²) in [5.41, 5.74) is 8.77. The molecule has 0 radical (unpaired) electrons. The van der Waals surface area contributed by atoms with E-state index in [9.17, 15) is 4.79 Å². The number of fused-ring (bicyclic) bond motifs is 1. The van der Waals surface area contributed by atoms with Crippen molar-refractivity contribution in [2.75, 3.05) is 29.9 Å². The van der Waals surface area contributed by atoms with E-state index in [4.69, 9.17) is 45.3 Å². The second kappa shape index (κ2) is 8.23. The highest BCUT2D eigenvalue weighted by molar-refractivity contribution is 6.36. The van der Waals surface area contributed by atoms with Crippen LogP contribution in [0.15, 0.2) is 30.3 Å². The van der Waals surface area contributed by atoms with Gasteiger partial charge in [-0.05, 0) is 49.6 Å². The van der Waals surface area contributed by atoms with Crippen LogP contribution in [0.4, 0.5) is 11.4 Å². The number of rotatable bonds is 4. The summed E-state index contributed by atoms with van der Waals surface area (Å²) < 4.78 is 6.12. The first-order chi connectivity index (χ1) is 13.8. The average Bonchev–Trinajstić information content (AvgIpc) is 2.69. The quantitative estimate of drug-likeness (QED) is 0.689. The van der Waals surface area contributed by atoms with E-state index in [2.05, 4.69) is 10.2 Å². The molecular formula is C21H22Cl3N3O2. The van der Waals surface area contributed by atoms with Crippen LogP contribution in [0.1, 0.15) is 24.8 Å². The van der Waals surface area contributed by atoms with Gasteiger partial charge in [-0.15, -0.1) is 0 Å². The summed E-state index contributed by atoms with van der Waals surface area (Å²) >= 11 is 18.6. The Hall–Kier alpha value is -1.66. The Balaban J connectivity index is 1.41. The van der Waals surface area contributed by atoms with Crippen LogP contribution in [-0.2, 0) is 11.2 Å². The molecule has 1 fully saturated rings. The second-order valence-electron chi connectivity index (χ2n) is 7.68. The number of hydrogen-bond donors (Lipinski definition) is 2. The Morgan fingerprint density at radius 2 is 1.83 bits per heavy atom. The van der Waals surface area contributed by atoms with Gasteiger partial charge in [0.15, 0.2) is 0 Å². The van der Waals surface area contributed by atoms with Crippen LogP contribution in [-0.4, -0.2) is 31.1 Å². The molecule has 0 aromatic heterocycles. The molecular weight excluding hydrogens is 433 g/mol. The van der Waals surface area contributed by atoms with Crippen molar-refractivity contribution in [2.45, 2.75) is 31.2 Å². The van der Waals surface area contributed by atoms with E-state index in [0.29, 0.717) is 40.2 Å². The SMILES string of the molecule is NC1(COc2ccc(Cl)c3c2CCC(=O)N3)CCN(c2ccc(Cl)cc2Cl)CC1. The fourth-order valence-corrected chi connectivity index (χ4v) is 4.61. The first-order valence-electron chi connectivity index (χ1n) is 9.58. The van der Waals surface area contributed by atoms with Gasteiger partial charge in [-0.25, -0.2) is 0 Å². The first-order valence-corrected chi connectivity index (χ1v) is 10.7. The van der Waals surface area contributed by atoms with Crippen LogP contribution in [0.25, 0.3) is 0 Å². The van der Waals surface area contributed by atoms with E-state index in [1.165, 1.54) is 0 Å². The van der Waals surface area contributed by atoms with E-state index >= 15 is 0 Å². The highest BCUT2D eigenvalue weighted by Crippen LogP contribution is 2.38. The van der Waals surface area contributed by atoms with Crippen LogP contribution in [0.2, 0.25) is 15.1 Å². The number of ether oxygens (including phenoxy) is 1. The molecule has 1 saturated heterocycles. The summed E-state index contributed by atoms with van der Waals surface area (Å²) in [6.07, 6.45) is 2.59. The van der Waals surface area contributed by atoms with Crippen molar-refractivity contribution in [1.82, 2.24) is 0 Å². The first kappa shape index (κ1) is 20.6. The summed E-state index contributed by atoms with van der Waals surface area (Å²) in [5, 5.41) is 4.63. The number of piperidine rings is 1. The van der Waals surface area contributed by atoms with Crippen LogP contribution in [0, 0.1) is 0 Å². The largest absolute Gasteiger partial charge is 0.491 e. The third-order valence-corrected chi connectivity index (χ3v) is 6.46. The van der Waals surface area contributed by atoms with Gasteiger partial charge >= 0.3 is 0 Å². The topological polar surface area (TPSA) is 67.6 Å². The number of hydrogen-bond acceptors (Lipinski definition) is 4. The van der Waals surface area contributed by atoms with Crippen molar-refractivity contribution < 1.29 is 9.53 Å². The van der Waals surface area contributed by atoms with Gasteiger partial charge in [-0.2, -0.15) is 0 Å². The smallest absolute Gasteiger partial charge is 0.224 e. The minimum Gasteiger partial charge on any atom is -0.491 e. The zero-order chi connectivity index (χ0) is 20.6. The third-order valence-electron chi connectivity index (χ3n) is 5.61. The molecule has 0 spiro atoms.